The Morgan fingerprint density at radius 1 is 0.967 bits per heavy atom. The molecule has 0 N–H and O–H groups in total. The first-order valence-electron chi connectivity index (χ1n) is 9.70. The van der Waals surface area contributed by atoms with E-state index in [1.54, 1.807) is 19.3 Å². The number of ether oxygens (including phenoxy) is 3. The van der Waals surface area contributed by atoms with Crippen molar-refractivity contribution in [3.05, 3.63) is 107 Å². The standard InChI is InChI=1S/C26H22O4/c1-18-14-22(29-17-20-11-6-12-21(15-20)28-2)16-24-25(18)26(27)23(30-24)13-7-10-19-8-4-3-5-9-19/h3-16H,17H2,1-2H3/b10-7+,23-13-. The molecule has 0 fully saturated rings. The normalized spacial score (nSPS) is 14.1. The fraction of sp³-hybridized carbons (Fsp3) is 0.115. The zero-order chi connectivity index (χ0) is 20.9. The lowest BCUT2D eigenvalue weighted by atomic mass is 10.0. The molecule has 0 amide bonds. The van der Waals surface area contributed by atoms with Gasteiger partial charge in [-0.2, -0.15) is 0 Å². The van der Waals surface area contributed by atoms with Crippen LogP contribution in [0.2, 0.25) is 0 Å². The smallest absolute Gasteiger partial charge is 0.232 e. The molecule has 0 aliphatic carbocycles. The van der Waals surface area contributed by atoms with Gasteiger partial charge in [-0.05, 0) is 47.9 Å². The number of methoxy groups -OCH3 is 1. The minimum Gasteiger partial charge on any atom is -0.497 e. The number of rotatable bonds is 6. The van der Waals surface area contributed by atoms with Crippen LogP contribution >= 0.6 is 0 Å². The molecule has 0 unspecified atom stereocenters. The quantitative estimate of drug-likeness (QED) is 0.496. The molecule has 0 aromatic heterocycles. The molecule has 0 atom stereocenters. The second-order valence-electron chi connectivity index (χ2n) is 6.99. The summed E-state index contributed by atoms with van der Waals surface area (Å²) in [6.45, 7) is 2.28. The number of fused-ring (bicyclic) bond motifs is 1. The highest BCUT2D eigenvalue weighted by Crippen LogP contribution is 2.37. The van der Waals surface area contributed by atoms with Crippen molar-refractivity contribution in [2.45, 2.75) is 13.5 Å². The second kappa shape index (κ2) is 8.70. The molecule has 0 radical (unpaired) electrons. The molecule has 0 spiro atoms. The van der Waals surface area contributed by atoms with E-state index in [0.29, 0.717) is 29.4 Å². The molecule has 4 nitrogen and oxygen atoms in total. The maximum absolute atomic E-state index is 12.7. The Morgan fingerprint density at radius 3 is 2.60 bits per heavy atom. The summed E-state index contributed by atoms with van der Waals surface area (Å²) in [6.07, 6.45) is 5.46. The summed E-state index contributed by atoms with van der Waals surface area (Å²) in [5.74, 6) is 2.17. The third kappa shape index (κ3) is 4.28. The van der Waals surface area contributed by atoms with Crippen LogP contribution in [0.5, 0.6) is 17.2 Å². The topological polar surface area (TPSA) is 44.8 Å². The Labute approximate surface area is 176 Å². The van der Waals surface area contributed by atoms with Gasteiger partial charge in [-0.1, -0.05) is 54.6 Å². The predicted molar refractivity (Wildman–Crippen MR) is 117 cm³/mol. The Bertz CT molecular complexity index is 1130. The minimum absolute atomic E-state index is 0.112. The van der Waals surface area contributed by atoms with Crippen LogP contribution in [-0.4, -0.2) is 12.9 Å². The molecule has 4 rings (SSSR count). The fourth-order valence-electron chi connectivity index (χ4n) is 3.32. The molecular formula is C26H22O4. The number of benzene rings is 3. The highest BCUT2D eigenvalue weighted by molar-refractivity contribution is 6.13. The van der Waals surface area contributed by atoms with Crippen molar-refractivity contribution in [2.24, 2.45) is 0 Å². The van der Waals surface area contributed by atoms with Gasteiger partial charge >= 0.3 is 0 Å². The maximum atomic E-state index is 12.7. The first kappa shape index (κ1) is 19.5. The molecular weight excluding hydrogens is 376 g/mol. The predicted octanol–water partition coefficient (Wildman–Crippen LogP) is 5.76. The van der Waals surface area contributed by atoms with Crippen molar-refractivity contribution in [1.82, 2.24) is 0 Å². The van der Waals surface area contributed by atoms with E-state index < -0.39 is 0 Å². The van der Waals surface area contributed by atoms with Crippen LogP contribution in [0.15, 0.2) is 84.6 Å². The van der Waals surface area contributed by atoms with E-state index in [0.717, 1.165) is 22.4 Å². The van der Waals surface area contributed by atoms with E-state index in [4.69, 9.17) is 14.2 Å². The van der Waals surface area contributed by atoms with Gasteiger partial charge in [-0.25, -0.2) is 0 Å². The lowest BCUT2D eigenvalue weighted by Crippen LogP contribution is -2.00. The van der Waals surface area contributed by atoms with Gasteiger partial charge in [0, 0.05) is 6.07 Å². The molecule has 1 heterocycles. The van der Waals surface area contributed by atoms with E-state index in [-0.39, 0.29) is 5.78 Å². The molecule has 4 heteroatoms. The van der Waals surface area contributed by atoms with Gasteiger partial charge in [0.2, 0.25) is 5.78 Å². The first-order chi connectivity index (χ1) is 14.6. The summed E-state index contributed by atoms with van der Waals surface area (Å²) in [5.41, 5.74) is 3.47. The summed E-state index contributed by atoms with van der Waals surface area (Å²) in [6, 6.07) is 21.2. The Kier molecular flexibility index (Phi) is 5.66. The summed E-state index contributed by atoms with van der Waals surface area (Å²) in [5, 5.41) is 0. The molecule has 3 aromatic rings. The van der Waals surface area contributed by atoms with Crippen LogP contribution in [-0.2, 0) is 6.61 Å². The molecule has 0 bridgehead atoms. The van der Waals surface area contributed by atoms with Crippen molar-refractivity contribution in [2.75, 3.05) is 7.11 Å². The molecule has 0 saturated heterocycles. The zero-order valence-electron chi connectivity index (χ0n) is 16.9. The van der Waals surface area contributed by atoms with E-state index in [9.17, 15) is 4.79 Å². The Morgan fingerprint density at radius 2 is 1.80 bits per heavy atom. The van der Waals surface area contributed by atoms with Crippen LogP contribution in [0.1, 0.15) is 27.0 Å². The SMILES string of the molecule is COc1cccc(COc2cc(C)c3c(c2)O/C(=C\C=C\c2ccccc2)C3=O)c1. The Balaban J connectivity index is 1.49. The second-order valence-corrected chi connectivity index (χ2v) is 6.99. The molecule has 150 valence electrons. The van der Waals surface area contributed by atoms with Crippen LogP contribution in [0.3, 0.4) is 0 Å². The molecule has 1 aliphatic heterocycles. The van der Waals surface area contributed by atoms with Gasteiger partial charge in [0.1, 0.15) is 23.9 Å². The third-order valence-electron chi connectivity index (χ3n) is 4.82. The van der Waals surface area contributed by atoms with Crippen molar-refractivity contribution in [3.8, 4) is 17.2 Å². The first-order valence-corrected chi connectivity index (χ1v) is 9.70. The molecule has 30 heavy (non-hydrogen) atoms. The van der Waals surface area contributed by atoms with Crippen LogP contribution < -0.4 is 14.2 Å². The monoisotopic (exact) mass is 398 g/mol. The number of allylic oxidation sites excluding steroid dienone is 3. The fourth-order valence-corrected chi connectivity index (χ4v) is 3.32. The zero-order valence-corrected chi connectivity index (χ0v) is 16.9. The van der Waals surface area contributed by atoms with Gasteiger partial charge in [-0.3, -0.25) is 4.79 Å². The summed E-state index contributed by atoms with van der Waals surface area (Å²) >= 11 is 0. The number of hydrogen-bond donors (Lipinski definition) is 0. The van der Waals surface area contributed by atoms with Gasteiger partial charge < -0.3 is 14.2 Å². The van der Waals surface area contributed by atoms with Gasteiger partial charge in [-0.15, -0.1) is 0 Å². The van der Waals surface area contributed by atoms with Gasteiger partial charge in [0.25, 0.3) is 0 Å². The third-order valence-corrected chi connectivity index (χ3v) is 4.82. The lowest BCUT2D eigenvalue weighted by Gasteiger charge is -2.10. The van der Waals surface area contributed by atoms with E-state index in [1.165, 1.54) is 0 Å². The number of Topliss-reactive ketones (excluding diaryl/α,β-unsaturated/α-hetero) is 1. The number of carbonyl (C=O) groups excluding carboxylic acids is 1. The summed E-state index contributed by atoms with van der Waals surface area (Å²) in [7, 11) is 1.64. The highest BCUT2D eigenvalue weighted by atomic mass is 16.5. The van der Waals surface area contributed by atoms with E-state index in [2.05, 4.69) is 0 Å². The average Bonchev–Trinajstić information content (AvgIpc) is 3.09. The summed E-state index contributed by atoms with van der Waals surface area (Å²) in [4.78, 5) is 12.7. The van der Waals surface area contributed by atoms with Crippen LogP contribution in [0, 0.1) is 6.92 Å². The van der Waals surface area contributed by atoms with Crippen molar-refractivity contribution >= 4 is 11.9 Å². The lowest BCUT2D eigenvalue weighted by molar-refractivity contribution is 0.101. The largest absolute Gasteiger partial charge is 0.497 e. The molecule has 1 aliphatic rings. The number of aryl methyl sites for hydroxylation is 1. The molecule has 3 aromatic carbocycles. The van der Waals surface area contributed by atoms with E-state index >= 15 is 0 Å². The Hall–Kier alpha value is -3.79. The molecule has 0 saturated carbocycles. The number of carbonyl (C=O) groups is 1. The average molecular weight is 398 g/mol. The van der Waals surface area contributed by atoms with Crippen LogP contribution in [0.25, 0.3) is 6.08 Å². The van der Waals surface area contributed by atoms with E-state index in [1.807, 2.05) is 79.7 Å². The van der Waals surface area contributed by atoms with Crippen molar-refractivity contribution < 1.29 is 19.0 Å². The number of hydrogen-bond acceptors (Lipinski definition) is 4. The van der Waals surface area contributed by atoms with Crippen molar-refractivity contribution in [3.63, 3.8) is 0 Å². The summed E-state index contributed by atoms with van der Waals surface area (Å²) < 4.78 is 17.0. The van der Waals surface area contributed by atoms with Gasteiger partial charge in [0.05, 0.1) is 12.7 Å². The maximum Gasteiger partial charge on any atom is 0.232 e. The highest BCUT2D eigenvalue weighted by Gasteiger charge is 2.29. The minimum atomic E-state index is -0.112. The van der Waals surface area contributed by atoms with Crippen molar-refractivity contribution in [1.29, 1.82) is 0 Å². The van der Waals surface area contributed by atoms with Gasteiger partial charge in [0.15, 0.2) is 5.76 Å². The number of ketones is 1. The van der Waals surface area contributed by atoms with Crippen LogP contribution in [0.4, 0.5) is 0 Å².